The molecule has 2 nitrogen and oxygen atoms in total. The Kier molecular flexibility index (Phi) is 4.41. The molecule has 0 saturated carbocycles. The third-order valence-electron chi connectivity index (χ3n) is 3.73. The molecule has 0 radical (unpaired) electrons. The zero-order valence-corrected chi connectivity index (χ0v) is 11.3. The summed E-state index contributed by atoms with van der Waals surface area (Å²) in [5.74, 6) is 3.42. The summed E-state index contributed by atoms with van der Waals surface area (Å²) in [6, 6.07) is 11.6. The second-order valence-electron chi connectivity index (χ2n) is 5.32. The van der Waals surface area contributed by atoms with E-state index in [-0.39, 0.29) is 0 Å². The molecule has 1 heterocycles. The third-order valence-corrected chi connectivity index (χ3v) is 3.73. The Balaban J connectivity index is 2.09. The minimum atomic E-state index is 0.398. The number of benzene rings is 1. The molecule has 2 heteroatoms. The Bertz CT molecular complexity index is 405. The fourth-order valence-electron chi connectivity index (χ4n) is 2.69. The molecule has 1 fully saturated rings. The Morgan fingerprint density at radius 3 is 2.72 bits per heavy atom. The highest BCUT2D eigenvalue weighted by molar-refractivity contribution is 5.20. The maximum absolute atomic E-state index is 5.49. The molecule has 1 N–H and O–H groups in total. The lowest BCUT2D eigenvalue weighted by Gasteiger charge is -2.41. The number of nitrogens with one attached hydrogen (secondary N) is 1. The second kappa shape index (κ2) is 6.04. The zero-order chi connectivity index (χ0) is 13.0. The van der Waals surface area contributed by atoms with E-state index in [1.165, 1.54) is 5.56 Å². The van der Waals surface area contributed by atoms with Gasteiger partial charge in [-0.25, -0.2) is 0 Å². The molecule has 1 aromatic rings. The normalized spacial score (nSPS) is 25.0. The van der Waals surface area contributed by atoms with Crippen LogP contribution < -0.4 is 5.32 Å². The van der Waals surface area contributed by atoms with Crippen LogP contribution in [0.3, 0.4) is 0 Å². The lowest BCUT2D eigenvalue weighted by Crippen LogP contribution is -2.54. The van der Waals surface area contributed by atoms with Gasteiger partial charge in [0.2, 0.25) is 0 Å². The van der Waals surface area contributed by atoms with Crippen molar-refractivity contribution >= 4 is 0 Å². The smallest absolute Gasteiger partial charge is 0.0602 e. The maximum Gasteiger partial charge on any atom is 0.0602 e. The molecule has 0 amide bonds. The standard InChI is InChI=1S/C16H22N2/c1-4-10-18-12-15(14-8-6-5-7-9-14)17-11-16(18)13(2)3/h1,5-9,13,15-17H,10-12H2,2-3H3. The second-order valence-corrected chi connectivity index (χ2v) is 5.32. The summed E-state index contributed by atoms with van der Waals surface area (Å²) in [6.07, 6.45) is 5.49. The van der Waals surface area contributed by atoms with Gasteiger partial charge in [-0.2, -0.15) is 0 Å². The molecular formula is C16H22N2. The summed E-state index contributed by atoms with van der Waals surface area (Å²) in [4.78, 5) is 2.43. The van der Waals surface area contributed by atoms with E-state index < -0.39 is 0 Å². The molecule has 1 aromatic carbocycles. The third kappa shape index (κ3) is 2.93. The molecule has 2 rings (SSSR count). The van der Waals surface area contributed by atoms with E-state index in [1.54, 1.807) is 0 Å². The van der Waals surface area contributed by atoms with Crippen LogP contribution in [0.1, 0.15) is 25.5 Å². The van der Waals surface area contributed by atoms with Crippen molar-refractivity contribution in [1.82, 2.24) is 10.2 Å². The monoisotopic (exact) mass is 242 g/mol. The highest BCUT2D eigenvalue weighted by Crippen LogP contribution is 2.22. The van der Waals surface area contributed by atoms with Gasteiger partial charge in [0.25, 0.3) is 0 Å². The average Bonchev–Trinajstić information content (AvgIpc) is 2.40. The van der Waals surface area contributed by atoms with Gasteiger partial charge in [0, 0.05) is 25.2 Å². The maximum atomic E-state index is 5.49. The molecule has 1 saturated heterocycles. The Morgan fingerprint density at radius 1 is 1.39 bits per heavy atom. The molecule has 1 aliphatic rings. The molecule has 0 aromatic heterocycles. The predicted molar refractivity (Wildman–Crippen MR) is 76.2 cm³/mol. The van der Waals surface area contributed by atoms with Crippen molar-refractivity contribution in [3.63, 3.8) is 0 Å². The first-order chi connectivity index (χ1) is 8.72. The lowest BCUT2D eigenvalue weighted by atomic mass is 9.96. The largest absolute Gasteiger partial charge is 0.307 e. The molecule has 0 spiro atoms. The van der Waals surface area contributed by atoms with E-state index in [1.807, 2.05) is 0 Å². The molecule has 1 aliphatic heterocycles. The molecule has 2 atom stereocenters. The van der Waals surface area contributed by atoms with E-state index >= 15 is 0 Å². The summed E-state index contributed by atoms with van der Waals surface area (Å²) in [7, 11) is 0. The van der Waals surface area contributed by atoms with Crippen LogP contribution >= 0.6 is 0 Å². The first-order valence-corrected chi connectivity index (χ1v) is 6.68. The Hall–Kier alpha value is -1.30. The highest BCUT2D eigenvalue weighted by Gasteiger charge is 2.29. The van der Waals surface area contributed by atoms with Crippen molar-refractivity contribution in [2.24, 2.45) is 5.92 Å². The number of nitrogens with zero attached hydrogens (tertiary/aromatic N) is 1. The summed E-state index contributed by atoms with van der Waals surface area (Å²) < 4.78 is 0. The van der Waals surface area contributed by atoms with Crippen LogP contribution in [0.25, 0.3) is 0 Å². The van der Waals surface area contributed by atoms with Crippen molar-refractivity contribution in [2.75, 3.05) is 19.6 Å². The quantitative estimate of drug-likeness (QED) is 0.818. The van der Waals surface area contributed by atoms with Crippen molar-refractivity contribution in [3.8, 4) is 12.3 Å². The zero-order valence-electron chi connectivity index (χ0n) is 11.3. The van der Waals surface area contributed by atoms with Gasteiger partial charge in [-0.15, -0.1) is 6.42 Å². The van der Waals surface area contributed by atoms with E-state index in [0.29, 0.717) is 18.0 Å². The van der Waals surface area contributed by atoms with Crippen molar-refractivity contribution in [2.45, 2.75) is 25.9 Å². The van der Waals surface area contributed by atoms with E-state index in [9.17, 15) is 0 Å². The minimum Gasteiger partial charge on any atom is -0.307 e. The van der Waals surface area contributed by atoms with Crippen LogP contribution in [0.15, 0.2) is 30.3 Å². The number of piperazine rings is 1. The number of hydrogen-bond donors (Lipinski definition) is 1. The van der Waals surface area contributed by atoms with Gasteiger partial charge < -0.3 is 5.32 Å². The molecular weight excluding hydrogens is 220 g/mol. The number of terminal acetylenes is 1. The van der Waals surface area contributed by atoms with E-state index in [4.69, 9.17) is 6.42 Å². The van der Waals surface area contributed by atoms with Crippen LogP contribution in [0.5, 0.6) is 0 Å². The van der Waals surface area contributed by atoms with Crippen LogP contribution in [-0.2, 0) is 0 Å². The van der Waals surface area contributed by atoms with Gasteiger partial charge in [0.15, 0.2) is 0 Å². The first-order valence-electron chi connectivity index (χ1n) is 6.68. The van der Waals surface area contributed by atoms with E-state index in [0.717, 1.165) is 19.6 Å². The Labute approximate surface area is 110 Å². The average molecular weight is 242 g/mol. The fraction of sp³-hybridized carbons (Fsp3) is 0.500. The summed E-state index contributed by atoms with van der Waals surface area (Å²) in [6.45, 7) is 7.28. The Morgan fingerprint density at radius 2 is 2.11 bits per heavy atom. The highest BCUT2D eigenvalue weighted by atomic mass is 15.2. The molecule has 0 bridgehead atoms. The minimum absolute atomic E-state index is 0.398. The van der Waals surface area contributed by atoms with Crippen LogP contribution in [0.2, 0.25) is 0 Å². The van der Waals surface area contributed by atoms with Crippen LogP contribution in [0, 0.1) is 18.3 Å². The summed E-state index contributed by atoms with van der Waals surface area (Å²) >= 11 is 0. The molecule has 18 heavy (non-hydrogen) atoms. The predicted octanol–water partition coefficient (Wildman–Crippen LogP) is 2.29. The van der Waals surface area contributed by atoms with Crippen LogP contribution in [-0.4, -0.2) is 30.6 Å². The van der Waals surface area contributed by atoms with Gasteiger partial charge >= 0.3 is 0 Å². The fourth-order valence-corrected chi connectivity index (χ4v) is 2.69. The number of rotatable bonds is 3. The molecule has 2 unspecified atom stereocenters. The van der Waals surface area contributed by atoms with Crippen LogP contribution in [0.4, 0.5) is 0 Å². The molecule has 0 aliphatic carbocycles. The number of hydrogen-bond acceptors (Lipinski definition) is 2. The van der Waals surface area contributed by atoms with E-state index in [2.05, 4.69) is 60.3 Å². The molecule has 96 valence electrons. The first kappa shape index (κ1) is 13.1. The summed E-state index contributed by atoms with van der Waals surface area (Å²) in [5, 5.41) is 3.64. The van der Waals surface area contributed by atoms with Gasteiger partial charge in [-0.3, -0.25) is 4.90 Å². The van der Waals surface area contributed by atoms with Gasteiger partial charge in [-0.05, 0) is 11.5 Å². The van der Waals surface area contributed by atoms with Crippen molar-refractivity contribution < 1.29 is 0 Å². The van der Waals surface area contributed by atoms with Gasteiger partial charge in [0.1, 0.15) is 0 Å². The SMILES string of the molecule is C#CCN1CC(c2ccccc2)NCC1C(C)C. The topological polar surface area (TPSA) is 15.3 Å². The van der Waals surface area contributed by atoms with Crippen molar-refractivity contribution in [3.05, 3.63) is 35.9 Å². The van der Waals surface area contributed by atoms with Gasteiger partial charge in [0.05, 0.1) is 6.54 Å². The lowest BCUT2D eigenvalue weighted by molar-refractivity contribution is 0.114. The van der Waals surface area contributed by atoms with Crippen molar-refractivity contribution in [1.29, 1.82) is 0 Å². The van der Waals surface area contributed by atoms with Gasteiger partial charge in [-0.1, -0.05) is 50.1 Å². The summed E-state index contributed by atoms with van der Waals surface area (Å²) in [5.41, 5.74) is 1.35.